The Kier molecular flexibility index (Phi) is 4.25. The second-order valence-corrected chi connectivity index (χ2v) is 6.80. The van der Waals surface area contributed by atoms with Gasteiger partial charge in [-0.25, -0.2) is 8.78 Å². The predicted octanol–water partition coefficient (Wildman–Crippen LogP) is 2.01. The highest BCUT2D eigenvalue weighted by molar-refractivity contribution is 5.93. The summed E-state index contributed by atoms with van der Waals surface area (Å²) in [5, 5.41) is 6.79. The quantitative estimate of drug-likeness (QED) is 0.871. The zero-order chi connectivity index (χ0) is 17.4. The zero-order valence-corrected chi connectivity index (χ0v) is 13.7. The van der Waals surface area contributed by atoms with Crippen LogP contribution < -0.4 is 5.32 Å². The Morgan fingerprint density at radius 3 is 2.60 bits per heavy atom. The maximum absolute atomic E-state index is 12.5. The number of carbonyl (C=O) groups excluding carboxylic acids is 1. The van der Waals surface area contributed by atoms with Gasteiger partial charge in [0.15, 0.2) is 0 Å². The molecule has 2 aromatic rings. The molecule has 25 heavy (non-hydrogen) atoms. The van der Waals surface area contributed by atoms with Crippen LogP contribution in [0.15, 0.2) is 42.6 Å². The first-order valence-electron chi connectivity index (χ1n) is 8.49. The average Bonchev–Trinajstić information content (AvgIpc) is 2.96. The molecule has 1 unspecified atom stereocenters. The predicted molar refractivity (Wildman–Crippen MR) is 88.2 cm³/mol. The Balaban J connectivity index is 1.29. The number of hydrogen-bond acceptors (Lipinski definition) is 3. The second-order valence-electron chi connectivity index (χ2n) is 6.80. The van der Waals surface area contributed by atoms with Crippen LogP contribution in [0.25, 0.3) is 0 Å². The van der Waals surface area contributed by atoms with Gasteiger partial charge in [-0.15, -0.1) is 0 Å². The highest BCUT2D eigenvalue weighted by atomic mass is 19.3. The number of nitrogens with one attached hydrogen (secondary N) is 1. The first-order valence-corrected chi connectivity index (χ1v) is 8.49. The van der Waals surface area contributed by atoms with Gasteiger partial charge in [0, 0.05) is 31.9 Å². The number of aromatic nitrogens is 2. The number of amides is 1. The lowest BCUT2D eigenvalue weighted by Gasteiger charge is -2.20. The number of benzene rings is 1. The minimum absolute atomic E-state index is 0.148. The molecule has 1 aliphatic carbocycles. The lowest BCUT2D eigenvalue weighted by atomic mass is 10.2. The Bertz CT molecular complexity index is 737. The van der Waals surface area contributed by atoms with Crippen molar-refractivity contribution in [3.63, 3.8) is 0 Å². The summed E-state index contributed by atoms with van der Waals surface area (Å²) in [4.78, 5) is 14.7. The van der Waals surface area contributed by atoms with Gasteiger partial charge in [-0.1, -0.05) is 30.3 Å². The van der Waals surface area contributed by atoms with Gasteiger partial charge in [0.25, 0.3) is 12.3 Å². The van der Waals surface area contributed by atoms with Crippen molar-refractivity contribution in [1.29, 1.82) is 0 Å². The summed E-state index contributed by atoms with van der Waals surface area (Å²) < 4.78 is 26.1. The Hall–Kier alpha value is -2.28. The molecule has 1 aromatic heterocycles. The summed E-state index contributed by atoms with van der Waals surface area (Å²) in [6.07, 6.45) is -1.15. The van der Waals surface area contributed by atoms with E-state index in [1.54, 1.807) is 0 Å². The first kappa shape index (κ1) is 16.2. The van der Waals surface area contributed by atoms with Gasteiger partial charge < -0.3 is 5.32 Å². The lowest BCUT2D eigenvalue weighted by molar-refractivity contribution is 0.0913. The molecule has 1 saturated carbocycles. The van der Waals surface area contributed by atoms with Crippen LogP contribution >= 0.6 is 0 Å². The second kappa shape index (κ2) is 6.55. The van der Waals surface area contributed by atoms with Crippen molar-refractivity contribution in [2.45, 2.75) is 25.6 Å². The van der Waals surface area contributed by atoms with Crippen molar-refractivity contribution in [2.75, 3.05) is 13.1 Å². The fraction of sp³-hybridized carbons (Fsp3) is 0.444. The number of carbonyl (C=O) groups is 1. The Morgan fingerprint density at radius 2 is 1.92 bits per heavy atom. The molecule has 1 aromatic carbocycles. The molecule has 2 heterocycles. The highest BCUT2D eigenvalue weighted by Crippen LogP contribution is 2.45. The molecule has 2 fully saturated rings. The van der Waals surface area contributed by atoms with Crippen LogP contribution in [0.2, 0.25) is 0 Å². The smallest absolute Gasteiger partial charge is 0.269 e. The molecule has 7 heteroatoms. The normalized spacial score (nSPS) is 25.2. The molecule has 0 spiro atoms. The van der Waals surface area contributed by atoms with E-state index < -0.39 is 13.0 Å². The monoisotopic (exact) mass is 346 g/mol. The number of rotatable bonds is 6. The molecule has 4 rings (SSSR count). The number of fused-ring (bicyclic) bond motifs is 1. The van der Waals surface area contributed by atoms with E-state index in [9.17, 15) is 13.6 Å². The minimum atomic E-state index is -2.53. The average molecular weight is 346 g/mol. The fourth-order valence-electron chi connectivity index (χ4n) is 3.83. The van der Waals surface area contributed by atoms with E-state index in [-0.39, 0.29) is 17.6 Å². The van der Waals surface area contributed by atoms with Gasteiger partial charge in [-0.3, -0.25) is 14.4 Å². The molecule has 132 valence electrons. The van der Waals surface area contributed by atoms with Crippen LogP contribution in [0, 0.1) is 11.8 Å². The molecule has 5 nitrogen and oxygen atoms in total. The third-order valence-electron chi connectivity index (χ3n) is 5.08. The van der Waals surface area contributed by atoms with Crippen LogP contribution in [-0.2, 0) is 13.1 Å². The van der Waals surface area contributed by atoms with Gasteiger partial charge in [-0.2, -0.15) is 5.10 Å². The molecule has 0 radical (unpaired) electrons. The highest BCUT2D eigenvalue weighted by Gasteiger charge is 2.56. The topological polar surface area (TPSA) is 50.2 Å². The largest absolute Gasteiger partial charge is 0.347 e. The maximum Gasteiger partial charge on any atom is 0.269 e. The van der Waals surface area contributed by atoms with E-state index in [0.29, 0.717) is 11.8 Å². The van der Waals surface area contributed by atoms with E-state index in [0.717, 1.165) is 24.3 Å². The molecule has 1 saturated heterocycles. The summed E-state index contributed by atoms with van der Waals surface area (Å²) >= 11 is 0. The van der Waals surface area contributed by atoms with Gasteiger partial charge in [0.2, 0.25) is 0 Å². The number of piperidine rings is 1. The summed E-state index contributed by atoms with van der Waals surface area (Å²) in [6.45, 7) is 2.29. The SMILES string of the molecule is O=C(NC1[C@H]2CN(Cc3ccccc3)C[C@@H]12)c1ccnn1CC(F)F. The van der Waals surface area contributed by atoms with E-state index in [1.165, 1.54) is 17.8 Å². The molecule has 3 atom stereocenters. The number of halogens is 2. The number of alkyl halides is 2. The van der Waals surface area contributed by atoms with Crippen molar-refractivity contribution in [3.05, 3.63) is 53.9 Å². The van der Waals surface area contributed by atoms with Crippen LogP contribution in [-0.4, -0.2) is 46.1 Å². The van der Waals surface area contributed by atoms with Gasteiger partial charge in [-0.05, 0) is 23.5 Å². The molecule has 0 bridgehead atoms. The summed E-state index contributed by atoms with van der Waals surface area (Å²) in [5.41, 5.74) is 1.49. The van der Waals surface area contributed by atoms with Crippen LogP contribution in [0.3, 0.4) is 0 Å². The number of hydrogen-bond donors (Lipinski definition) is 1. The zero-order valence-electron chi connectivity index (χ0n) is 13.7. The van der Waals surface area contributed by atoms with Crippen LogP contribution in [0.1, 0.15) is 16.1 Å². The van der Waals surface area contributed by atoms with Crippen molar-refractivity contribution >= 4 is 5.91 Å². The lowest BCUT2D eigenvalue weighted by Crippen LogP contribution is -2.35. The third-order valence-corrected chi connectivity index (χ3v) is 5.08. The first-order chi connectivity index (χ1) is 12.1. The molecule has 1 amide bonds. The van der Waals surface area contributed by atoms with E-state index >= 15 is 0 Å². The summed E-state index contributed by atoms with van der Waals surface area (Å²) in [7, 11) is 0. The Morgan fingerprint density at radius 1 is 1.20 bits per heavy atom. The fourth-order valence-corrected chi connectivity index (χ4v) is 3.83. The molecular formula is C18H20F2N4O. The number of nitrogens with zero attached hydrogens (tertiary/aromatic N) is 3. The minimum Gasteiger partial charge on any atom is -0.347 e. The maximum atomic E-state index is 12.5. The van der Waals surface area contributed by atoms with Gasteiger partial charge >= 0.3 is 0 Å². The van der Waals surface area contributed by atoms with E-state index in [4.69, 9.17) is 0 Å². The van der Waals surface area contributed by atoms with Gasteiger partial charge in [0.1, 0.15) is 12.2 Å². The summed E-state index contributed by atoms with van der Waals surface area (Å²) in [5.74, 6) is 0.602. The van der Waals surface area contributed by atoms with E-state index in [2.05, 4.69) is 27.4 Å². The Labute approximate surface area is 144 Å². The molecule has 1 N–H and O–H groups in total. The van der Waals surface area contributed by atoms with Gasteiger partial charge in [0.05, 0.1) is 0 Å². The molecule has 1 aliphatic heterocycles. The third kappa shape index (κ3) is 3.42. The van der Waals surface area contributed by atoms with Crippen LogP contribution in [0.4, 0.5) is 8.78 Å². The van der Waals surface area contributed by atoms with Crippen LogP contribution in [0.5, 0.6) is 0 Å². The van der Waals surface area contributed by atoms with Crippen molar-refractivity contribution in [2.24, 2.45) is 11.8 Å². The molecule has 2 aliphatic rings. The molecular weight excluding hydrogens is 326 g/mol. The van der Waals surface area contributed by atoms with E-state index in [1.807, 2.05) is 18.2 Å². The number of likely N-dealkylation sites (tertiary alicyclic amines) is 1. The van der Waals surface area contributed by atoms with Crippen molar-refractivity contribution in [3.8, 4) is 0 Å². The van der Waals surface area contributed by atoms with Crippen molar-refractivity contribution in [1.82, 2.24) is 20.0 Å². The standard InChI is InChI=1S/C18H20F2N4O/c19-16(20)11-24-15(6-7-21-24)18(25)22-17-13-9-23(10-14(13)17)8-12-4-2-1-3-5-12/h1-7,13-14,16-17H,8-11H2,(H,22,25)/t13-,14+,17?. The summed E-state index contributed by atoms with van der Waals surface area (Å²) in [6, 6.07) is 12.0. The van der Waals surface area contributed by atoms with Crippen molar-refractivity contribution < 1.29 is 13.6 Å².